The summed E-state index contributed by atoms with van der Waals surface area (Å²) < 4.78 is 36.2. The van der Waals surface area contributed by atoms with E-state index in [-0.39, 0.29) is 52.7 Å². The molecule has 49 heavy (non-hydrogen) atoms. The quantitative estimate of drug-likeness (QED) is 0.266. The molecule has 10 nitrogen and oxygen atoms in total. The Hall–Kier alpha value is -4.77. The number of nitrogens with zero attached hydrogens (tertiary/aromatic N) is 4. The Morgan fingerprint density at radius 2 is 1.67 bits per heavy atom. The van der Waals surface area contributed by atoms with Gasteiger partial charge in [-0.1, -0.05) is 75.4 Å². The maximum Gasteiger partial charge on any atom is 0.264 e. The lowest BCUT2D eigenvalue weighted by atomic mass is 9.87. The van der Waals surface area contributed by atoms with Gasteiger partial charge in [-0.25, -0.2) is 18.1 Å². The predicted octanol–water partition coefficient (Wildman–Crippen LogP) is 6.22. The van der Waals surface area contributed by atoms with Crippen LogP contribution in [0.25, 0.3) is 11.3 Å². The van der Waals surface area contributed by atoms with Crippen molar-refractivity contribution in [3.05, 3.63) is 101 Å². The highest BCUT2D eigenvalue weighted by Gasteiger charge is 2.35. The summed E-state index contributed by atoms with van der Waals surface area (Å²) in [6.07, 6.45) is 1.35. The van der Waals surface area contributed by atoms with Crippen molar-refractivity contribution in [3.63, 3.8) is 0 Å². The van der Waals surface area contributed by atoms with E-state index in [4.69, 9.17) is 4.74 Å². The van der Waals surface area contributed by atoms with Gasteiger partial charge in [-0.15, -0.1) is 0 Å². The summed E-state index contributed by atoms with van der Waals surface area (Å²) in [5.74, 6) is -0.388. The van der Waals surface area contributed by atoms with Crippen molar-refractivity contribution >= 4 is 27.8 Å². The summed E-state index contributed by atoms with van der Waals surface area (Å²) in [7, 11) is -4.21. The number of carbonyl (C=O) groups is 2. The minimum Gasteiger partial charge on any atom is -0.475 e. The molecule has 4 bridgehead atoms. The van der Waals surface area contributed by atoms with Gasteiger partial charge in [0.05, 0.1) is 16.6 Å². The summed E-state index contributed by atoms with van der Waals surface area (Å²) in [6.45, 7) is 11.1. The molecule has 4 aromatic rings. The minimum absolute atomic E-state index is 0.0258. The maximum atomic E-state index is 14.4. The Morgan fingerprint density at radius 3 is 2.39 bits per heavy atom. The van der Waals surface area contributed by atoms with Gasteiger partial charge >= 0.3 is 0 Å². The Balaban J connectivity index is 1.40. The molecule has 1 fully saturated rings. The van der Waals surface area contributed by atoms with Crippen LogP contribution in [0.15, 0.2) is 83.8 Å². The van der Waals surface area contributed by atoms with Crippen LogP contribution in [0.4, 0.5) is 5.95 Å². The van der Waals surface area contributed by atoms with Crippen LogP contribution in [0.2, 0.25) is 0 Å². The van der Waals surface area contributed by atoms with Crippen molar-refractivity contribution in [3.8, 4) is 17.1 Å². The van der Waals surface area contributed by atoms with E-state index < -0.39 is 22.0 Å². The number of carbonyl (C=O) groups excluding carboxylic acids is 2. The van der Waals surface area contributed by atoms with Gasteiger partial charge in [-0.2, -0.15) is 4.98 Å². The van der Waals surface area contributed by atoms with Crippen LogP contribution in [-0.2, 0) is 14.8 Å². The topological polar surface area (TPSA) is 122 Å². The summed E-state index contributed by atoms with van der Waals surface area (Å²) in [6, 6.07) is 23.0. The second-order valence-corrected chi connectivity index (χ2v) is 15.9. The van der Waals surface area contributed by atoms with Crippen LogP contribution in [0.3, 0.4) is 0 Å². The molecule has 3 heterocycles. The number of fused-ring (bicyclic) bond motifs is 4. The van der Waals surface area contributed by atoms with Crippen LogP contribution in [-0.4, -0.2) is 72.3 Å². The molecule has 2 amide bonds. The number of rotatable bonds is 5. The third-order valence-corrected chi connectivity index (χ3v) is 10.5. The monoisotopic (exact) mass is 681 g/mol. The Morgan fingerprint density at radius 1 is 0.959 bits per heavy atom. The van der Waals surface area contributed by atoms with E-state index in [0.717, 1.165) is 23.1 Å². The van der Waals surface area contributed by atoms with Crippen molar-refractivity contribution in [2.45, 2.75) is 64.3 Å². The molecular weight excluding hydrogens is 639 g/mol. The number of anilines is 1. The highest BCUT2D eigenvalue weighted by molar-refractivity contribution is 7.92. The first kappa shape index (κ1) is 34.1. The molecule has 0 aliphatic carbocycles. The SMILES string of the molecule is Cc1cccc(C)c1-c1cc2nc(n1)NS(=O)(=O)c1cccc(c1)C(=O)N(CC(=O)N1CCC(c3ccccc3)C1)[C@H](CC(C)(C)C)CO2. The zero-order valence-corrected chi connectivity index (χ0v) is 29.5. The van der Waals surface area contributed by atoms with Crippen molar-refractivity contribution in [2.75, 3.05) is 31.0 Å². The van der Waals surface area contributed by atoms with E-state index in [2.05, 4.69) is 47.6 Å². The van der Waals surface area contributed by atoms with Crippen molar-refractivity contribution in [2.24, 2.45) is 5.41 Å². The fourth-order valence-electron chi connectivity index (χ4n) is 6.78. The van der Waals surface area contributed by atoms with Crippen LogP contribution in [0, 0.1) is 19.3 Å². The highest BCUT2D eigenvalue weighted by atomic mass is 32.2. The lowest BCUT2D eigenvalue weighted by molar-refractivity contribution is -0.131. The van der Waals surface area contributed by atoms with Crippen molar-refractivity contribution < 1.29 is 22.7 Å². The van der Waals surface area contributed by atoms with Gasteiger partial charge < -0.3 is 14.5 Å². The van der Waals surface area contributed by atoms with Gasteiger partial charge in [0.2, 0.25) is 17.7 Å². The first-order valence-electron chi connectivity index (χ1n) is 16.6. The molecule has 2 aliphatic rings. The number of hydrogen-bond donors (Lipinski definition) is 1. The smallest absolute Gasteiger partial charge is 0.264 e. The first-order valence-corrected chi connectivity index (χ1v) is 18.1. The number of benzene rings is 3. The van der Waals surface area contributed by atoms with Crippen LogP contribution in [0.1, 0.15) is 66.6 Å². The van der Waals surface area contributed by atoms with E-state index in [1.54, 1.807) is 17.0 Å². The zero-order chi connectivity index (χ0) is 34.9. The second-order valence-electron chi connectivity index (χ2n) is 14.2. The van der Waals surface area contributed by atoms with Gasteiger partial charge in [0.1, 0.15) is 13.2 Å². The first-order chi connectivity index (χ1) is 23.3. The Kier molecular flexibility index (Phi) is 9.48. The minimum atomic E-state index is -4.21. The third-order valence-electron chi connectivity index (χ3n) is 9.15. The predicted molar refractivity (Wildman–Crippen MR) is 189 cm³/mol. The fraction of sp³-hybridized carbons (Fsp3) is 0.368. The van der Waals surface area contributed by atoms with Crippen LogP contribution >= 0.6 is 0 Å². The zero-order valence-electron chi connectivity index (χ0n) is 28.6. The highest BCUT2D eigenvalue weighted by Crippen LogP contribution is 2.32. The third kappa shape index (κ3) is 7.77. The average molecular weight is 682 g/mol. The number of amides is 2. The molecule has 1 saturated heterocycles. The average Bonchev–Trinajstić information content (AvgIpc) is 3.55. The van der Waals surface area contributed by atoms with Gasteiger partial charge in [-0.3, -0.25) is 9.59 Å². The number of hydrogen-bond acceptors (Lipinski definition) is 7. The number of sulfonamides is 1. The normalized spacial score (nSPS) is 19.2. The van der Waals surface area contributed by atoms with Gasteiger partial charge in [-0.05, 0) is 67.0 Å². The van der Waals surface area contributed by atoms with Gasteiger partial charge in [0, 0.05) is 36.2 Å². The number of nitrogens with one attached hydrogen (secondary N) is 1. The van der Waals surface area contributed by atoms with Crippen LogP contribution < -0.4 is 9.46 Å². The molecule has 2 atom stereocenters. The van der Waals surface area contributed by atoms with Crippen molar-refractivity contribution in [1.29, 1.82) is 0 Å². The largest absolute Gasteiger partial charge is 0.475 e. The number of aryl methyl sites for hydroxylation is 2. The summed E-state index contributed by atoms with van der Waals surface area (Å²) in [5, 5.41) is 0. The molecule has 2 aliphatic heterocycles. The fourth-order valence-corrected chi connectivity index (χ4v) is 7.77. The molecule has 0 spiro atoms. The lowest BCUT2D eigenvalue weighted by Gasteiger charge is -2.36. The molecule has 3 aromatic carbocycles. The molecule has 1 N–H and O–H groups in total. The second kappa shape index (κ2) is 13.6. The van der Waals surface area contributed by atoms with Gasteiger partial charge in [0.25, 0.3) is 15.9 Å². The van der Waals surface area contributed by atoms with Crippen LogP contribution in [0.5, 0.6) is 5.88 Å². The standard InChI is InChI=1S/C38H43N5O5S/c1-25-11-9-12-26(2)35(25)32-20-33-40-37(39-32)41-49(46,47)31-16-10-15-28(19-31)36(45)43(30(24-48-33)21-38(3,4)5)23-34(44)42-18-17-29(22-42)27-13-7-6-8-14-27/h6-16,19-20,29-30H,17-18,21-24H2,1-5H3,(H,39,40,41)/t29?,30-/m1/s1. The molecule has 11 heteroatoms. The Labute approximate surface area is 288 Å². The van der Waals surface area contributed by atoms with E-state index in [9.17, 15) is 18.0 Å². The van der Waals surface area contributed by atoms with E-state index in [1.807, 2.05) is 55.1 Å². The molecule has 0 saturated carbocycles. The van der Waals surface area contributed by atoms with Crippen molar-refractivity contribution in [1.82, 2.24) is 19.8 Å². The molecule has 1 unspecified atom stereocenters. The number of likely N-dealkylation sites (tertiary alicyclic amines) is 1. The summed E-state index contributed by atoms with van der Waals surface area (Å²) in [4.78, 5) is 40.7. The van der Waals surface area contributed by atoms with E-state index in [0.29, 0.717) is 25.2 Å². The van der Waals surface area contributed by atoms with E-state index >= 15 is 0 Å². The maximum absolute atomic E-state index is 14.4. The lowest BCUT2D eigenvalue weighted by Crippen LogP contribution is -2.50. The molecular formula is C38H43N5O5S. The molecule has 6 rings (SSSR count). The Bertz CT molecular complexity index is 1960. The summed E-state index contributed by atoms with van der Waals surface area (Å²) >= 11 is 0. The molecule has 0 radical (unpaired) electrons. The molecule has 256 valence electrons. The number of aromatic nitrogens is 2. The molecule has 1 aromatic heterocycles. The van der Waals surface area contributed by atoms with Gasteiger partial charge in [0.15, 0.2) is 0 Å². The van der Waals surface area contributed by atoms with E-state index in [1.165, 1.54) is 23.8 Å². The number of ether oxygens (including phenoxy) is 1. The summed E-state index contributed by atoms with van der Waals surface area (Å²) in [5.41, 5.74) is 4.35.